The molecule has 0 bridgehead atoms. The number of hydrogen-bond acceptors (Lipinski definition) is 2. The summed E-state index contributed by atoms with van der Waals surface area (Å²) in [7, 11) is 0. The molecule has 3 heteroatoms. The molecule has 0 aliphatic carbocycles. The van der Waals surface area contributed by atoms with E-state index in [1.54, 1.807) is 0 Å². The van der Waals surface area contributed by atoms with Gasteiger partial charge in [0.15, 0.2) is 0 Å². The van der Waals surface area contributed by atoms with E-state index >= 15 is 0 Å². The summed E-state index contributed by atoms with van der Waals surface area (Å²) in [6, 6.07) is 7.81. The van der Waals surface area contributed by atoms with Crippen LogP contribution in [-0.4, -0.2) is 25.2 Å². The molecule has 1 N–H and O–H groups in total. The molecule has 16 heavy (non-hydrogen) atoms. The van der Waals surface area contributed by atoms with E-state index in [2.05, 4.69) is 24.1 Å². The average molecular weight is 222 g/mol. The standard InChI is InChI=1S/C13H19FN2/c1-10-7-8-16(11(2)9-15-10)13-5-3-12(14)4-6-13/h3-6,10-11,15H,7-9H2,1-2H3. The second-order valence-corrected chi connectivity index (χ2v) is 4.62. The van der Waals surface area contributed by atoms with Crippen LogP contribution >= 0.6 is 0 Å². The Bertz CT molecular complexity index is 336. The summed E-state index contributed by atoms with van der Waals surface area (Å²) in [5.74, 6) is -0.169. The molecular formula is C13H19FN2. The van der Waals surface area contributed by atoms with Gasteiger partial charge >= 0.3 is 0 Å². The molecule has 2 nitrogen and oxygen atoms in total. The number of rotatable bonds is 1. The van der Waals surface area contributed by atoms with Crippen molar-refractivity contribution in [2.24, 2.45) is 0 Å². The molecular weight excluding hydrogens is 203 g/mol. The topological polar surface area (TPSA) is 15.3 Å². The predicted molar refractivity (Wildman–Crippen MR) is 65.3 cm³/mol. The van der Waals surface area contributed by atoms with Crippen molar-refractivity contribution in [1.82, 2.24) is 5.32 Å². The molecule has 2 atom stereocenters. The van der Waals surface area contributed by atoms with E-state index in [4.69, 9.17) is 0 Å². The van der Waals surface area contributed by atoms with Gasteiger partial charge in [-0.3, -0.25) is 0 Å². The first-order valence-electron chi connectivity index (χ1n) is 5.92. The highest BCUT2D eigenvalue weighted by atomic mass is 19.1. The average Bonchev–Trinajstić information content (AvgIpc) is 2.44. The minimum Gasteiger partial charge on any atom is -0.367 e. The van der Waals surface area contributed by atoms with Crippen LogP contribution in [0.2, 0.25) is 0 Å². The Morgan fingerprint density at radius 1 is 1.25 bits per heavy atom. The maximum absolute atomic E-state index is 12.9. The van der Waals surface area contributed by atoms with Gasteiger partial charge in [-0.2, -0.15) is 0 Å². The van der Waals surface area contributed by atoms with E-state index in [1.807, 2.05) is 12.1 Å². The lowest BCUT2D eigenvalue weighted by molar-refractivity contribution is 0.548. The zero-order valence-corrected chi connectivity index (χ0v) is 9.91. The Balaban J connectivity index is 2.15. The van der Waals surface area contributed by atoms with Crippen molar-refractivity contribution >= 4 is 5.69 Å². The molecule has 1 aromatic rings. The van der Waals surface area contributed by atoms with Gasteiger partial charge in [0.1, 0.15) is 5.82 Å². The van der Waals surface area contributed by atoms with Crippen molar-refractivity contribution in [2.45, 2.75) is 32.4 Å². The van der Waals surface area contributed by atoms with Gasteiger partial charge in [0, 0.05) is 30.9 Å². The lowest BCUT2D eigenvalue weighted by Crippen LogP contribution is -2.37. The van der Waals surface area contributed by atoms with Crippen molar-refractivity contribution in [2.75, 3.05) is 18.0 Å². The molecule has 2 unspecified atom stereocenters. The molecule has 0 radical (unpaired) electrons. The number of benzene rings is 1. The van der Waals surface area contributed by atoms with Crippen LogP contribution in [0.25, 0.3) is 0 Å². The van der Waals surface area contributed by atoms with Crippen LogP contribution in [0.4, 0.5) is 10.1 Å². The summed E-state index contributed by atoms with van der Waals surface area (Å²) in [6.07, 6.45) is 1.13. The van der Waals surface area contributed by atoms with Crippen LogP contribution < -0.4 is 10.2 Å². The molecule has 88 valence electrons. The molecule has 1 aromatic carbocycles. The van der Waals surface area contributed by atoms with Gasteiger partial charge < -0.3 is 10.2 Å². The predicted octanol–water partition coefficient (Wildman–Crippen LogP) is 2.40. The van der Waals surface area contributed by atoms with Crippen molar-refractivity contribution in [1.29, 1.82) is 0 Å². The molecule has 0 amide bonds. The molecule has 1 saturated heterocycles. The van der Waals surface area contributed by atoms with E-state index in [0.29, 0.717) is 12.1 Å². The second kappa shape index (κ2) is 4.83. The van der Waals surface area contributed by atoms with Crippen molar-refractivity contribution in [3.05, 3.63) is 30.1 Å². The van der Waals surface area contributed by atoms with Gasteiger partial charge in [0.25, 0.3) is 0 Å². The van der Waals surface area contributed by atoms with Crippen LogP contribution in [0.3, 0.4) is 0 Å². The number of nitrogens with zero attached hydrogens (tertiary/aromatic N) is 1. The number of hydrogen-bond donors (Lipinski definition) is 1. The van der Waals surface area contributed by atoms with Crippen molar-refractivity contribution in [3.8, 4) is 0 Å². The van der Waals surface area contributed by atoms with Gasteiger partial charge in [0.2, 0.25) is 0 Å². The van der Waals surface area contributed by atoms with E-state index in [0.717, 1.165) is 25.2 Å². The van der Waals surface area contributed by atoms with Crippen molar-refractivity contribution < 1.29 is 4.39 Å². The zero-order valence-electron chi connectivity index (χ0n) is 9.91. The Labute approximate surface area is 96.5 Å². The molecule has 1 aliphatic rings. The molecule has 1 aliphatic heterocycles. The van der Waals surface area contributed by atoms with Crippen molar-refractivity contribution in [3.63, 3.8) is 0 Å². The summed E-state index contributed by atoms with van der Waals surface area (Å²) < 4.78 is 12.9. The SMILES string of the molecule is CC1CCN(c2ccc(F)cc2)C(C)CN1. The molecule has 2 rings (SSSR count). The fourth-order valence-corrected chi connectivity index (χ4v) is 2.15. The lowest BCUT2D eigenvalue weighted by Gasteiger charge is -2.29. The Morgan fingerprint density at radius 3 is 2.62 bits per heavy atom. The normalized spacial score (nSPS) is 26.6. The fourth-order valence-electron chi connectivity index (χ4n) is 2.15. The smallest absolute Gasteiger partial charge is 0.123 e. The van der Waals surface area contributed by atoms with E-state index in [1.165, 1.54) is 12.1 Å². The number of nitrogens with one attached hydrogen (secondary N) is 1. The minimum atomic E-state index is -0.169. The van der Waals surface area contributed by atoms with Gasteiger partial charge in [-0.25, -0.2) is 4.39 Å². The second-order valence-electron chi connectivity index (χ2n) is 4.62. The van der Waals surface area contributed by atoms with Gasteiger partial charge in [-0.15, -0.1) is 0 Å². The summed E-state index contributed by atoms with van der Waals surface area (Å²) >= 11 is 0. The first kappa shape index (κ1) is 11.4. The molecule has 0 saturated carbocycles. The van der Waals surface area contributed by atoms with Crippen LogP contribution in [0.1, 0.15) is 20.3 Å². The van der Waals surface area contributed by atoms with E-state index in [9.17, 15) is 4.39 Å². The molecule has 1 heterocycles. The fraction of sp³-hybridized carbons (Fsp3) is 0.538. The molecule has 0 aromatic heterocycles. The number of anilines is 1. The largest absolute Gasteiger partial charge is 0.367 e. The highest BCUT2D eigenvalue weighted by molar-refractivity contribution is 5.47. The molecule has 1 fully saturated rings. The highest BCUT2D eigenvalue weighted by Crippen LogP contribution is 2.19. The maximum Gasteiger partial charge on any atom is 0.123 e. The lowest BCUT2D eigenvalue weighted by atomic mass is 10.2. The first-order valence-corrected chi connectivity index (χ1v) is 5.92. The summed E-state index contributed by atoms with van der Waals surface area (Å²) in [4.78, 5) is 2.34. The summed E-state index contributed by atoms with van der Waals surface area (Å²) in [5, 5.41) is 3.49. The third-order valence-electron chi connectivity index (χ3n) is 3.26. The third kappa shape index (κ3) is 2.53. The van der Waals surface area contributed by atoms with Crippen LogP contribution in [0.5, 0.6) is 0 Å². The Hall–Kier alpha value is -1.09. The van der Waals surface area contributed by atoms with E-state index in [-0.39, 0.29) is 5.82 Å². The van der Waals surface area contributed by atoms with Crippen LogP contribution in [0.15, 0.2) is 24.3 Å². The Kier molecular flexibility index (Phi) is 3.44. The van der Waals surface area contributed by atoms with Crippen LogP contribution in [-0.2, 0) is 0 Å². The highest BCUT2D eigenvalue weighted by Gasteiger charge is 2.19. The van der Waals surface area contributed by atoms with Gasteiger partial charge in [-0.1, -0.05) is 0 Å². The quantitative estimate of drug-likeness (QED) is 0.785. The zero-order chi connectivity index (χ0) is 11.5. The van der Waals surface area contributed by atoms with Gasteiger partial charge in [0.05, 0.1) is 0 Å². The Morgan fingerprint density at radius 2 is 1.94 bits per heavy atom. The molecule has 0 spiro atoms. The summed E-state index contributed by atoms with van der Waals surface area (Å²) in [5.41, 5.74) is 1.12. The minimum absolute atomic E-state index is 0.169. The summed E-state index contributed by atoms with van der Waals surface area (Å²) in [6.45, 7) is 6.43. The first-order chi connectivity index (χ1) is 7.66. The van der Waals surface area contributed by atoms with E-state index < -0.39 is 0 Å². The van der Waals surface area contributed by atoms with Crippen LogP contribution in [0, 0.1) is 5.82 Å². The maximum atomic E-state index is 12.9. The monoisotopic (exact) mass is 222 g/mol. The third-order valence-corrected chi connectivity index (χ3v) is 3.26. The number of halogens is 1. The van der Waals surface area contributed by atoms with Gasteiger partial charge in [-0.05, 0) is 44.5 Å².